The summed E-state index contributed by atoms with van der Waals surface area (Å²) in [6, 6.07) is -0.471. The third kappa shape index (κ3) is 0.877. The molecule has 84 valence electrons. The quantitative estimate of drug-likeness (QED) is 0.697. The first-order valence-corrected chi connectivity index (χ1v) is 6.06. The Morgan fingerprint density at radius 1 is 1.33 bits per heavy atom. The maximum atomic E-state index is 10.9. The van der Waals surface area contributed by atoms with Crippen molar-refractivity contribution < 1.29 is 9.90 Å². The van der Waals surface area contributed by atoms with E-state index >= 15 is 0 Å². The molecule has 1 saturated heterocycles. The van der Waals surface area contributed by atoms with Crippen molar-refractivity contribution in [3.05, 3.63) is 0 Å². The third-order valence-electron chi connectivity index (χ3n) is 4.76. The summed E-state index contributed by atoms with van der Waals surface area (Å²) in [5.41, 5.74) is -0.162. The second kappa shape index (κ2) is 2.63. The molecule has 2 atom stereocenters. The van der Waals surface area contributed by atoms with Crippen LogP contribution in [0.2, 0.25) is 0 Å². The fraction of sp³-hybridized carbons (Fsp3) is 0.900. The molecule has 3 aliphatic rings. The lowest BCUT2D eigenvalue weighted by Crippen LogP contribution is -2.30. The first-order chi connectivity index (χ1) is 6.97. The molecule has 0 bridgehead atoms. The van der Waals surface area contributed by atoms with Gasteiger partial charge in [0.1, 0.15) is 10.4 Å². The van der Waals surface area contributed by atoms with E-state index in [4.69, 9.17) is 28.3 Å². The minimum atomic E-state index is -0.794. The number of hydrogen-bond donors (Lipinski definition) is 2. The number of hydrogen-bond acceptors (Lipinski definition) is 2. The molecule has 1 aliphatic heterocycles. The molecular formula is C10H13Cl2NO2. The van der Waals surface area contributed by atoms with E-state index in [9.17, 15) is 4.79 Å². The van der Waals surface area contributed by atoms with Crippen LogP contribution in [0.5, 0.6) is 0 Å². The molecule has 2 spiro atoms. The highest BCUT2D eigenvalue weighted by Gasteiger charge is 2.88. The fourth-order valence-electron chi connectivity index (χ4n) is 3.63. The Bertz CT molecular complexity index is 340. The van der Waals surface area contributed by atoms with Crippen LogP contribution in [0.25, 0.3) is 0 Å². The van der Waals surface area contributed by atoms with Crippen LogP contribution in [-0.2, 0) is 4.79 Å². The summed E-state index contributed by atoms with van der Waals surface area (Å²) in [4.78, 5) is 10.9. The molecule has 3 nitrogen and oxygen atoms in total. The average molecular weight is 250 g/mol. The number of aliphatic carboxylic acids is 1. The molecular weight excluding hydrogens is 237 g/mol. The van der Waals surface area contributed by atoms with Gasteiger partial charge in [-0.05, 0) is 19.3 Å². The smallest absolute Gasteiger partial charge is 0.320 e. The lowest BCUT2D eigenvalue weighted by atomic mass is 9.74. The van der Waals surface area contributed by atoms with Crippen molar-refractivity contribution in [2.24, 2.45) is 10.8 Å². The van der Waals surface area contributed by atoms with Gasteiger partial charge in [0.05, 0.1) is 0 Å². The van der Waals surface area contributed by atoms with Crippen LogP contribution in [0, 0.1) is 10.8 Å². The molecule has 0 radical (unpaired) electrons. The number of halogens is 2. The minimum Gasteiger partial charge on any atom is -0.480 e. The summed E-state index contributed by atoms with van der Waals surface area (Å²) in [5, 5.41) is 12.0. The summed E-state index contributed by atoms with van der Waals surface area (Å²) in [6.07, 6.45) is 3.85. The van der Waals surface area contributed by atoms with Gasteiger partial charge < -0.3 is 10.4 Å². The fourth-order valence-corrected chi connectivity index (χ4v) is 4.93. The number of nitrogens with one attached hydrogen (secondary N) is 1. The van der Waals surface area contributed by atoms with Crippen LogP contribution in [0.4, 0.5) is 0 Å². The van der Waals surface area contributed by atoms with E-state index in [1.807, 2.05) is 0 Å². The Balaban J connectivity index is 1.87. The standard InChI is InChI=1S/C10H13Cl2NO2/c11-10(12)8(2-1-3-8)9(10)4-6(7(14)15)13-5-9/h6,13H,1-5H2,(H,14,15)/t6-,9-/m0/s1. The molecule has 2 saturated carbocycles. The van der Waals surface area contributed by atoms with Crippen LogP contribution in [0.1, 0.15) is 25.7 Å². The van der Waals surface area contributed by atoms with Crippen LogP contribution in [-0.4, -0.2) is 28.0 Å². The summed E-state index contributed by atoms with van der Waals surface area (Å²) >= 11 is 12.7. The van der Waals surface area contributed by atoms with Crippen LogP contribution in [0.15, 0.2) is 0 Å². The first-order valence-electron chi connectivity index (χ1n) is 5.31. The van der Waals surface area contributed by atoms with Gasteiger partial charge in [0.2, 0.25) is 0 Å². The third-order valence-corrected chi connectivity index (χ3v) is 6.21. The molecule has 0 amide bonds. The predicted molar refractivity (Wildman–Crippen MR) is 57.2 cm³/mol. The minimum absolute atomic E-state index is 0.0142. The van der Waals surface area contributed by atoms with Gasteiger partial charge >= 0.3 is 5.97 Å². The van der Waals surface area contributed by atoms with Crippen LogP contribution >= 0.6 is 23.2 Å². The van der Waals surface area contributed by atoms with Gasteiger partial charge in [-0.1, -0.05) is 6.42 Å². The van der Waals surface area contributed by atoms with E-state index in [2.05, 4.69) is 5.32 Å². The Morgan fingerprint density at radius 3 is 2.33 bits per heavy atom. The van der Waals surface area contributed by atoms with Gasteiger partial charge in [-0.15, -0.1) is 23.2 Å². The summed E-state index contributed by atoms with van der Waals surface area (Å²) in [7, 11) is 0. The number of carboxylic acids is 1. The Morgan fingerprint density at radius 2 is 2.00 bits per heavy atom. The maximum Gasteiger partial charge on any atom is 0.320 e. The summed E-state index contributed by atoms with van der Waals surface area (Å²) < 4.78 is -0.699. The number of fused-ring (bicyclic) bond motifs is 1. The number of carbonyl (C=O) groups is 1. The second-order valence-corrected chi connectivity index (χ2v) is 6.40. The Labute approximate surface area is 98.1 Å². The van der Waals surface area contributed by atoms with E-state index in [0.717, 1.165) is 12.8 Å². The van der Waals surface area contributed by atoms with Crippen molar-refractivity contribution in [3.63, 3.8) is 0 Å². The molecule has 5 heteroatoms. The van der Waals surface area contributed by atoms with Gasteiger partial charge in [0, 0.05) is 17.4 Å². The summed E-state index contributed by atoms with van der Waals surface area (Å²) in [6.45, 7) is 0.650. The van der Waals surface area contributed by atoms with Gasteiger partial charge in [0.25, 0.3) is 0 Å². The SMILES string of the molecule is O=C(O)[C@@H]1C[C@@]2(CN1)C(Cl)(Cl)C21CCC1. The average Bonchev–Trinajstić information content (AvgIpc) is 2.43. The highest BCUT2D eigenvalue weighted by Crippen LogP contribution is 2.87. The molecule has 2 aliphatic carbocycles. The van der Waals surface area contributed by atoms with Gasteiger partial charge in [-0.25, -0.2) is 0 Å². The first kappa shape index (κ1) is 10.2. The molecule has 0 aromatic rings. The van der Waals surface area contributed by atoms with E-state index in [0.29, 0.717) is 13.0 Å². The lowest BCUT2D eigenvalue weighted by Gasteiger charge is -2.30. The maximum absolute atomic E-state index is 10.9. The monoisotopic (exact) mass is 249 g/mol. The zero-order valence-electron chi connectivity index (χ0n) is 8.22. The highest BCUT2D eigenvalue weighted by molar-refractivity contribution is 6.52. The van der Waals surface area contributed by atoms with Crippen molar-refractivity contribution in [3.8, 4) is 0 Å². The number of rotatable bonds is 1. The Kier molecular flexibility index (Phi) is 1.79. The van der Waals surface area contributed by atoms with Gasteiger partial charge in [-0.2, -0.15) is 0 Å². The Hall–Kier alpha value is 0.01000. The lowest BCUT2D eigenvalue weighted by molar-refractivity contribution is -0.139. The topological polar surface area (TPSA) is 49.3 Å². The number of carboxylic acid groups (broad SMARTS) is 1. The van der Waals surface area contributed by atoms with Gasteiger partial charge in [0.15, 0.2) is 0 Å². The van der Waals surface area contributed by atoms with Crippen molar-refractivity contribution >= 4 is 29.2 Å². The van der Waals surface area contributed by atoms with Crippen molar-refractivity contribution in [1.82, 2.24) is 5.32 Å². The normalized spacial score (nSPS) is 44.3. The van der Waals surface area contributed by atoms with Crippen LogP contribution in [0.3, 0.4) is 0 Å². The van der Waals surface area contributed by atoms with E-state index in [-0.39, 0.29) is 10.8 Å². The second-order valence-electron chi connectivity index (χ2n) is 5.07. The zero-order valence-corrected chi connectivity index (χ0v) is 9.74. The molecule has 0 unspecified atom stereocenters. The largest absolute Gasteiger partial charge is 0.480 e. The van der Waals surface area contributed by atoms with Gasteiger partial charge in [-0.3, -0.25) is 4.79 Å². The number of alkyl halides is 2. The van der Waals surface area contributed by atoms with E-state index in [1.54, 1.807) is 0 Å². The van der Waals surface area contributed by atoms with E-state index in [1.165, 1.54) is 6.42 Å². The molecule has 3 fully saturated rings. The summed E-state index contributed by atoms with van der Waals surface area (Å²) in [5.74, 6) is -0.794. The van der Waals surface area contributed by atoms with Crippen molar-refractivity contribution in [2.75, 3.05) is 6.54 Å². The van der Waals surface area contributed by atoms with Crippen molar-refractivity contribution in [2.45, 2.75) is 36.1 Å². The van der Waals surface area contributed by atoms with Crippen LogP contribution < -0.4 is 5.32 Å². The molecule has 2 N–H and O–H groups in total. The molecule has 0 aromatic heterocycles. The zero-order chi connectivity index (χ0) is 10.9. The highest BCUT2D eigenvalue weighted by atomic mass is 35.5. The molecule has 3 rings (SSSR count). The van der Waals surface area contributed by atoms with Crippen molar-refractivity contribution in [1.29, 1.82) is 0 Å². The van der Waals surface area contributed by atoms with E-state index < -0.39 is 16.3 Å². The molecule has 15 heavy (non-hydrogen) atoms. The molecule has 0 aromatic carbocycles. The molecule has 1 heterocycles. The predicted octanol–water partition coefficient (Wildman–Crippen LogP) is 1.78.